The molecule has 1 heterocycles. The number of hydrogen-bond donors (Lipinski definition) is 1. The number of anilines is 1. The van der Waals surface area contributed by atoms with Gasteiger partial charge in [-0.25, -0.2) is 4.39 Å². The van der Waals surface area contributed by atoms with Crippen LogP contribution in [-0.4, -0.2) is 4.98 Å². The number of hydrogen-bond acceptors (Lipinski definition) is 2. The number of halogens is 1. The molecule has 1 aromatic heterocycles. The molecule has 3 heteroatoms. The van der Waals surface area contributed by atoms with Crippen LogP contribution in [0.5, 0.6) is 0 Å². The lowest BCUT2D eigenvalue weighted by molar-refractivity contribution is 0.622. The molecule has 0 spiro atoms. The SMILES string of the molecule is Nc1ccccc1-c1ccc(F)cn1. The van der Waals surface area contributed by atoms with E-state index in [0.29, 0.717) is 11.4 Å². The van der Waals surface area contributed by atoms with Crippen molar-refractivity contribution >= 4 is 5.69 Å². The van der Waals surface area contributed by atoms with Gasteiger partial charge in [0.25, 0.3) is 0 Å². The minimum Gasteiger partial charge on any atom is -0.398 e. The van der Waals surface area contributed by atoms with Crippen molar-refractivity contribution in [2.45, 2.75) is 0 Å². The van der Waals surface area contributed by atoms with E-state index < -0.39 is 0 Å². The summed E-state index contributed by atoms with van der Waals surface area (Å²) in [5.74, 6) is -0.344. The highest BCUT2D eigenvalue weighted by molar-refractivity contribution is 5.73. The molecule has 2 nitrogen and oxygen atoms in total. The molecule has 0 aliphatic rings. The number of pyridine rings is 1. The third-order valence-corrected chi connectivity index (χ3v) is 1.96. The number of benzene rings is 1. The largest absolute Gasteiger partial charge is 0.398 e. The van der Waals surface area contributed by atoms with E-state index in [-0.39, 0.29) is 5.82 Å². The molecule has 70 valence electrons. The van der Waals surface area contributed by atoms with E-state index in [0.717, 1.165) is 5.56 Å². The summed E-state index contributed by atoms with van der Waals surface area (Å²) in [6.07, 6.45) is 1.18. The van der Waals surface area contributed by atoms with Gasteiger partial charge in [-0.2, -0.15) is 0 Å². The Bertz CT molecular complexity index is 437. The van der Waals surface area contributed by atoms with Gasteiger partial charge >= 0.3 is 0 Å². The van der Waals surface area contributed by atoms with Crippen molar-refractivity contribution in [3.63, 3.8) is 0 Å². The molecule has 0 saturated heterocycles. The summed E-state index contributed by atoms with van der Waals surface area (Å²) >= 11 is 0. The highest BCUT2D eigenvalue weighted by atomic mass is 19.1. The Labute approximate surface area is 81.2 Å². The lowest BCUT2D eigenvalue weighted by Crippen LogP contribution is -1.91. The van der Waals surface area contributed by atoms with Crippen LogP contribution in [0.1, 0.15) is 0 Å². The van der Waals surface area contributed by atoms with Crippen LogP contribution in [0.25, 0.3) is 11.3 Å². The standard InChI is InChI=1S/C11H9FN2/c12-8-5-6-11(14-7-8)9-3-1-2-4-10(9)13/h1-7H,13H2. The molecular weight excluding hydrogens is 179 g/mol. The Morgan fingerprint density at radius 3 is 2.50 bits per heavy atom. The fourth-order valence-electron chi connectivity index (χ4n) is 1.27. The van der Waals surface area contributed by atoms with Crippen molar-refractivity contribution in [3.8, 4) is 11.3 Å². The van der Waals surface area contributed by atoms with E-state index >= 15 is 0 Å². The molecule has 1 aromatic carbocycles. The molecule has 0 atom stereocenters. The predicted octanol–water partition coefficient (Wildman–Crippen LogP) is 2.47. The number of para-hydroxylation sites is 1. The van der Waals surface area contributed by atoms with Gasteiger partial charge in [0.1, 0.15) is 5.82 Å². The van der Waals surface area contributed by atoms with Gasteiger partial charge in [0.15, 0.2) is 0 Å². The Balaban J connectivity index is 2.50. The van der Waals surface area contributed by atoms with Crippen LogP contribution in [0.4, 0.5) is 10.1 Å². The average molecular weight is 188 g/mol. The van der Waals surface area contributed by atoms with E-state index in [1.54, 1.807) is 12.1 Å². The summed E-state index contributed by atoms with van der Waals surface area (Å²) in [4.78, 5) is 3.95. The number of nitrogens with zero attached hydrogens (tertiary/aromatic N) is 1. The third-order valence-electron chi connectivity index (χ3n) is 1.96. The second-order valence-corrected chi connectivity index (χ2v) is 2.95. The average Bonchev–Trinajstić information content (AvgIpc) is 2.20. The van der Waals surface area contributed by atoms with Gasteiger partial charge in [-0.1, -0.05) is 18.2 Å². The summed E-state index contributed by atoms with van der Waals surface area (Å²) in [7, 11) is 0. The molecule has 0 aliphatic carbocycles. The highest BCUT2D eigenvalue weighted by Crippen LogP contribution is 2.22. The summed E-state index contributed by atoms with van der Waals surface area (Å²) in [6.45, 7) is 0. The molecule has 2 N–H and O–H groups in total. The molecule has 0 amide bonds. The van der Waals surface area contributed by atoms with Crippen LogP contribution >= 0.6 is 0 Å². The molecule has 0 fully saturated rings. The van der Waals surface area contributed by atoms with Crippen molar-refractivity contribution in [1.82, 2.24) is 4.98 Å². The van der Waals surface area contributed by atoms with E-state index in [2.05, 4.69) is 4.98 Å². The fraction of sp³-hybridized carbons (Fsp3) is 0. The summed E-state index contributed by atoms with van der Waals surface area (Å²) in [5.41, 5.74) is 7.91. The zero-order valence-electron chi connectivity index (χ0n) is 7.44. The monoisotopic (exact) mass is 188 g/mol. The van der Waals surface area contributed by atoms with Gasteiger partial charge in [0.05, 0.1) is 11.9 Å². The van der Waals surface area contributed by atoms with E-state index in [1.807, 2.05) is 18.2 Å². The Hall–Kier alpha value is -1.90. The summed E-state index contributed by atoms with van der Waals surface area (Å²) in [5, 5.41) is 0. The van der Waals surface area contributed by atoms with Gasteiger partial charge < -0.3 is 5.73 Å². The second-order valence-electron chi connectivity index (χ2n) is 2.95. The van der Waals surface area contributed by atoms with Crippen LogP contribution in [0.2, 0.25) is 0 Å². The zero-order chi connectivity index (χ0) is 9.97. The zero-order valence-corrected chi connectivity index (χ0v) is 7.44. The molecule has 2 aromatic rings. The molecule has 0 aliphatic heterocycles. The van der Waals surface area contributed by atoms with Gasteiger partial charge in [-0.15, -0.1) is 0 Å². The third kappa shape index (κ3) is 1.57. The molecule has 0 unspecified atom stereocenters. The van der Waals surface area contributed by atoms with Gasteiger partial charge in [0.2, 0.25) is 0 Å². The molecule has 14 heavy (non-hydrogen) atoms. The highest BCUT2D eigenvalue weighted by Gasteiger charge is 2.02. The van der Waals surface area contributed by atoms with Gasteiger partial charge in [0, 0.05) is 11.3 Å². The molecule has 0 bridgehead atoms. The molecule has 2 rings (SSSR count). The smallest absolute Gasteiger partial charge is 0.141 e. The van der Waals surface area contributed by atoms with E-state index in [4.69, 9.17) is 5.73 Å². The summed E-state index contributed by atoms with van der Waals surface area (Å²) < 4.78 is 12.6. The van der Waals surface area contributed by atoms with E-state index in [9.17, 15) is 4.39 Å². The van der Waals surface area contributed by atoms with Gasteiger partial charge in [-0.05, 0) is 18.2 Å². The predicted molar refractivity (Wildman–Crippen MR) is 54.0 cm³/mol. The first-order chi connectivity index (χ1) is 6.77. The lowest BCUT2D eigenvalue weighted by Gasteiger charge is -2.03. The number of nitrogens with two attached hydrogens (primary N) is 1. The van der Waals surface area contributed by atoms with Crippen molar-refractivity contribution in [3.05, 3.63) is 48.4 Å². The first-order valence-electron chi connectivity index (χ1n) is 4.24. The van der Waals surface area contributed by atoms with Crippen molar-refractivity contribution in [2.75, 3.05) is 5.73 Å². The number of rotatable bonds is 1. The molecule has 0 radical (unpaired) electrons. The minimum atomic E-state index is -0.344. The first-order valence-corrected chi connectivity index (χ1v) is 4.24. The van der Waals surface area contributed by atoms with Crippen LogP contribution in [0.3, 0.4) is 0 Å². The van der Waals surface area contributed by atoms with Crippen molar-refractivity contribution in [2.24, 2.45) is 0 Å². The second kappa shape index (κ2) is 3.46. The minimum absolute atomic E-state index is 0.344. The van der Waals surface area contributed by atoms with Crippen molar-refractivity contribution < 1.29 is 4.39 Å². The Morgan fingerprint density at radius 2 is 1.86 bits per heavy atom. The normalized spacial score (nSPS) is 10.1. The van der Waals surface area contributed by atoms with Crippen LogP contribution in [-0.2, 0) is 0 Å². The molecular formula is C11H9FN2. The number of nitrogen functional groups attached to an aromatic ring is 1. The summed E-state index contributed by atoms with van der Waals surface area (Å²) in [6, 6.07) is 10.4. The van der Waals surface area contributed by atoms with Crippen LogP contribution in [0.15, 0.2) is 42.6 Å². The maximum atomic E-state index is 12.6. The quantitative estimate of drug-likeness (QED) is 0.698. The number of aromatic nitrogens is 1. The van der Waals surface area contributed by atoms with Crippen LogP contribution < -0.4 is 5.73 Å². The van der Waals surface area contributed by atoms with Crippen molar-refractivity contribution in [1.29, 1.82) is 0 Å². The topological polar surface area (TPSA) is 38.9 Å². The Morgan fingerprint density at radius 1 is 1.07 bits per heavy atom. The Kier molecular flexibility index (Phi) is 2.14. The maximum Gasteiger partial charge on any atom is 0.141 e. The lowest BCUT2D eigenvalue weighted by atomic mass is 10.1. The van der Waals surface area contributed by atoms with Crippen LogP contribution in [0, 0.1) is 5.82 Å². The maximum absolute atomic E-state index is 12.6. The van der Waals surface area contributed by atoms with E-state index in [1.165, 1.54) is 12.3 Å². The molecule has 0 saturated carbocycles. The van der Waals surface area contributed by atoms with Gasteiger partial charge in [-0.3, -0.25) is 4.98 Å². The first kappa shape index (κ1) is 8.69. The fourth-order valence-corrected chi connectivity index (χ4v) is 1.27.